The molecule has 0 spiro atoms. The number of halogens is 1. The molecule has 0 aliphatic rings. The number of nitrogen functional groups attached to an aromatic ring is 1. The third-order valence-corrected chi connectivity index (χ3v) is 5.76. The second-order valence-corrected chi connectivity index (χ2v) is 7.65. The number of nitrogens with two attached hydrogens (primary N) is 1. The van der Waals surface area contributed by atoms with E-state index < -0.39 is 10.0 Å². The summed E-state index contributed by atoms with van der Waals surface area (Å²) in [6.45, 7) is 3.73. The standard InChI is InChI=1S/C13H16BrN3O3S/c1-8-11(9(2)20-16-8)7-17(3)21(18,19)10-4-5-12(14)13(15)6-10/h4-6H,7,15H2,1-3H3. The summed E-state index contributed by atoms with van der Waals surface area (Å²) >= 11 is 3.25. The number of hydrogen-bond donors (Lipinski definition) is 1. The Balaban J connectivity index is 2.32. The van der Waals surface area contributed by atoms with Crippen molar-refractivity contribution in [3.05, 3.63) is 39.7 Å². The minimum atomic E-state index is -3.62. The van der Waals surface area contributed by atoms with Crippen molar-refractivity contribution >= 4 is 31.6 Å². The molecular weight excluding hydrogens is 358 g/mol. The lowest BCUT2D eigenvalue weighted by molar-refractivity contribution is 0.390. The number of anilines is 1. The molecule has 6 nitrogen and oxygen atoms in total. The molecule has 0 radical (unpaired) electrons. The highest BCUT2D eigenvalue weighted by Crippen LogP contribution is 2.25. The van der Waals surface area contributed by atoms with Crippen LogP contribution in [0.1, 0.15) is 17.0 Å². The van der Waals surface area contributed by atoms with Crippen molar-refractivity contribution in [2.45, 2.75) is 25.3 Å². The van der Waals surface area contributed by atoms with Crippen LogP contribution < -0.4 is 5.73 Å². The molecule has 0 saturated heterocycles. The van der Waals surface area contributed by atoms with Gasteiger partial charge in [-0.25, -0.2) is 8.42 Å². The first-order valence-corrected chi connectivity index (χ1v) is 8.40. The molecule has 1 heterocycles. The van der Waals surface area contributed by atoms with E-state index in [1.165, 1.54) is 23.5 Å². The first kappa shape index (κ1) is 16.0. The van der Waals surface area contributed by atoms with E-state index in [0.717, 1.165) is 5.56 Å². The summed E-state index contributed by atoms with van der Waals surface area (Å²) in [5.74, 6) is 0.616. The minimum absolute atomic E-state index is 0.150. The second-order valence-electron chi connectivity index (χ2n) is 4.75. The average molecular weight is 374 g/mol. The lowest BCUT2D eigenvalue weighted by Crippen LogP contribution is -2.27. The van der Waals surface area contributed by atoms with Crippen molar-refractivity contribution in [1.82, 2.24) is 9.46 Å². The van der Waals surface area contributed by atoms with E-state index in [1.54, 1.807) is 19.9 Å². The molecule has 0 unspecified atom stereocenters. The van der Waals surface area contributed by atoms with Crippen LogP contribution in [0.3, 0.4) is 0 Å². The van der Waals surface area contributed by atoms with E-state index in [2.05, 4.69) is 21.1 Å². The topological polar surface area (TPSA) is 89.4 Å². The van der Waals surface area contributed by atoms with Crippen molar-refractivity contribution in [3.8, 4) is 0 Å². The Kier molecular flexibility index (Phi) is 4.40. The number of benzene rings is 1. The molecular formula is C13H16BrN3O3S. The Morgan fingerprint density at radius 1 is 1.38 bits per heavy atom. The van der Waals surface area contributed by atoms with E-state index in [1.807, 2.05) is 0 Å². The molecule has 114 valence electrons. The Morgan fingerprint density at radius 3 is 2.57 bits per heavy atom. The van der Waals surface area contributed by atoms with E-state index in [-0.39, 0.29) is 11.4 Å². The molecule has 2 rings (SSSR count). The fraction of sp³-hybridized carbons (Fsp3) is 0.308. The van der Waals surface area contributed by atoms with Gasteiger partial charge in [0, 0.05) is 29.3 Å². The van der Waals surface area contributed by atoms with Gasteiger partial charge in [0.2, 0.25) is 10.0 Å². The highest BCUT2D eigenvalue weighted by molar-refractivity contribution is 9.10. The Morgan fingerprint density at radius 2 is 2.05 bits per heavy atom. The number of aromatic nitrogens is 1. The third kappa shape index (κ3) is 3.12. The fourth-order valence-electron chi connectivity index (χ4n) is 1.90. The molecule has 0 saturated carbocycles. The zero-order valence-corrected chi connectivity index (χ0v) is 14.3. The van der Waals surface area contributed by atoms with Gasteiger partial charge in [-0.05, 0) is 48.0 Å². The fourth-order valence-corrected chi connectivity index (χ4v) is 3.32. The van der Waals surface area contributed by atoms with Gasteiger partial charge in [-0.15, -0.1) is 0 Å². The minimum Gasteiger partial charge on any atom is -0.398 e. The average Bonchev–Trinajstić information content (AvgIpc) is 2.73. The summed E-state index contributed by atoms with van der Waals surface area (Å²) in [5, 5.41) is 3.83. The van der Waals surface area contributed by atoms with Gasteiger partial charge in [0.25, 0.3) is 0 Å². The van der Waals surface area contributed by atoms with Crippen LogP contribution in [0.5, 0.6) is 0 Å². The first-order chi connectivity index (χ1) is 9.73. The molecule has 8 heteroatoms. The molecule has 1 aromatic carbocycles. The molecule has 2 aromatic rings. The quantitative estimate of drug-likeness (QED) is 0.831. The number of rotatable bonds is 4. The zero-order chi connectivity index (χ0) is 15.8. The molecule has 0 bridgehead atoms. The van der Waals surface area contributed by atoms with Crippen LogP contribution >= 0.6 is 15.9 Å². The van der Waals surface area contributed by atoms with Crippen molar-refractivity contribution in [3.63, 3.8) is 0 Å². The predicted molar refractivity (Wildman–Crippen MR) is 83.2 cm³/mol. The largest absolute Gasteiger partial charge is 0.398 e. The molecule has 0 amide bonds. The Labute approximate surface area is 132 Å². The number of nitrogens with zero attached hydrogens (tertiary/aromatic N) is 2. The van der Waals surface area contributed by atoms with Gasteiger partial charge in [-0.1, -0.05) is 5.16 Å². The van der Waals surface area contributed by atoms with Crippen LogP contribution in [0, 0.1) is 13.8 Å². The summed E-state index contributed by atoms with van der Waals surface area (Å²) in [6.07, 6.45) is 0. The summed E-state index contributed by atoms with van der Waals surface area (Å²) in [7, 11) is -2.11. The maximum atomic E-state index is 12.5. The van der Waals surface area contributed by atoms with Crippen molar-refractivity contribution in [1.29, 1.82) is 0 Å². The lowest BCUT2D eigenvalue weighted by atomic mass is 10.2. The predicted octanol–water partition coefficient (Wildman–Crippen LogP) is 2.46. The van der Waals surface area contributed by atoms with Crippen LogP contribution in [-0.4, -0.2) is 24.9 Å². The molecule has 0 atom stereocenters. The third-order valence-electron chi connectivity index (χ3n) is 3.24. The van der Waals surface area contributed by atoms with E-state index in [0.29, 0.717) is 21.6 Å². The zero-order valence-electron chi connectivity index (χ0n) is 11.9. The SMILES string of the molecule is Cc1noc(C)c1CN(C)S(=O)(=O)c1ccc(Br)c(N)c1. The molecule has 1 aromatic heterocycles. The van der Waals surface area contributed by atoms with E-state index in [9.17, 15) is 8.42 Å². The van der Waals surface area contributed by atoms with Gasteiger partial charge in [0.15, 0.2) is 0 Å². The van der Waals surface area contributed by atoms with Crippen molar-refractivity contribution in [2.24, 2.45) is 0 Å². The summed E-state index contributed by atoms with van der Waals surface area (Å²) in [5.41, 5.74) is 7.58. The molecule has 0 fully saturated rings. The van der Waals surface area contributed by atoms with Crippen LogP contribution in [-0.2, 0) is 16.6 Å². The van der Waals surface area contributed by atoms with Gasteiger partial charge >= 0.3 is 0 Å². The summed E-state index contributed by atoms with van der Waals surface area (Å²) in [6, 6.07) is 4.56. The molecule has 21 heavy (non-hydrogen) atoms. The Hall–Kier alpha value is -1.38. The van der Waals surface area contributed by atoms with Gasteiger partial charge in [0.05, 0.1) is 10.6 Å². The van der Waals surface area contributed by atoms with Crippen LogP contribution in [0.4, 0.5) is 5.69 Å². The van der Waals surface area contributed by atoms with Crippen LogP contribution in [0.2, 0.25) is 0 Å². The van der Waals surface area contributed by atoms with E-state index >= 15 is 0 Å². The maximum absolute atomic E-state index is 12.5. The normalized spacial score (nSPS) is 12.0. The van der Waals surface area contributed by atoms with E-state index in [4.69, 9.17) is 10.3 Å². The molecule has 0 aliphatic carbocycles. The summed E-state index contributed by atoms with van der Waals surface area (Å²) < 4.78 is 32.1. The highest BCUT2D eigenvalue weighted by atomic mass is 79.9. The highest BCUT2D eigenvalue weighted by Gasteiger charge is 2.24. The van der Waals surface area contributed by atoms with Gasteiger partial charge in [-0.3, -0.25) is 0 Å². The van der Waals surface area contributed by atoms with Crippen molar-refractivity contribution < 1.29 is 12.9 Å². The van der Waals surface area contributed by atoms with Crippen molar-refractivity contribution in [2.75, 3.05) is 12.8 Å². The maximum Gasteiger partial charge on any atom is 0.243 e. The molecule has 2 N–H and O–H groups in total. The number of sulfonamides is 1. The van der Waals surface area contributed by atoms with Gasteiger partial charge < -0.3 is 10.3 Å². The first-order valence-electron chi connectivity index (χ1n) is 6.16. The monoisotopic (exact) mass is 373 g/mol. The number of hydrogen-bond acceptors (Lipinski definition) is 5. The van der Waals surface area contributed by atoms with Gasteiger partial charge in [-0.2, -0.15) is 4.31 Å². The molecule has 0 aliphatic heterocycles. The summed E-state index contributed by atoms with van der Waals surface area (Å²) in [4.78, 5) is 0.150. The lowest BCUT2D eigenvalue weighted by Gasteiger charge is -2.17. The van der Waals surface area contributed by atoms with Gasteiger partial charge in [0.1, 0.15) is 5.76 Å². The Bertz CT molecular complexity index is 751. The smallest absolute Gasteiger partial charge is 0.243 e. The second kappa shape index (κ2) is 5.78. The van der Waals surface area contributed by atoms with Crippen LogP contribution in [0.15, 0.2) is 32.1 Å². The van der Waals surface area contributed by atoms with Crippen LogP contribution in [0.25, 0.3) is 0 Å². The number of aryl methyl sites for hydroxylation is 2.